The molecule has 3 aromatic rings. The SMILES string of the molecule is CC(=O)OCC1O[C@H](Sc2cnc(C#N)c(Cl)c2)C(C)[C@@H](n2cc(-c3nccs3)nn2)[C@H]1C. The lowest BCUT2D eigenvalue weighted by Crippen LogP contribution is -2.47. The molecule has 9 nitrogen and oxygen atoms in total. The minimum absolute atomic E-state index is 0.00952. The Balaban J connectivity index is 1.62. The van der Waals surface area contributed by atoms with E-state index in [0.717, 1.165) is 9.90 Å². The monoisotopic (exact) mass is 504 g/mol. The molecule has 0 saturated carbocycles. The van der Waals surface area contributed by atoms with E-state index in [1.165, 1.54) is 30.0 Å². The minimum Gasteiger partial charge on any atom is -0.463 e. The summed E-state index contributed by atoms with van der Waals surface area (Å²) >= 11 is 9.13. The van der Waals surface area contributed by atoms with E-state index in [-0.39, 0.29) is 52.7 Å². The summed E-state index contributed by atoms with van der Waals surface area (Å²) in [5.74, 6) is -0.358. The molecule has 1 fully saturated rings. The Kier molecular flexibility index (Phi) is 7.29. The third-order valence-electron chi connectivity index (χ3n) is 5.49. The number of pyridine rings is 1. The van der Waals surface area contributed by atoms with Gasteiger partial charge in [-0.15, -0.1) is 16.4 Å². The summed E-state index contributed by atoms with van der Waals surface area (Å²) in [7, 11) is 0. The van der Waals surface area contributed by atoms with Crippen molar-refractivity contribution in [2.45, 2.75) is 43.2 Å². The fourth-order valence-corrected chi connectivity index (χ4v) is 5.86. The molecule has 2 unspecified atom stereocenters. The van der Waals surface area contributed by atoms with Crippen LogP contribution in [0, 0.1) is 23.2 Å². The Hall–Kier alpha value is -2.52. The highest BCUT2D eigenvalue weighted by atomic mass is 35.5. The number of thiazole rings is 1. The zero-order chi connectivity index (χ0) is 23.5. The third-order valence-corrected chi connectivity index (χ3v) is 7.85. The summed E-state index contributed by atoms with van der Waals surface area (Å²) in [5.41, 5.74) is 0.583. The van der Waals surface area contributed by atoms with Crippen LogP contribution in [0.5, 0.6) is 0 Å². The second-order valence-electron chi connectivity index (χ2n) is 7.71. The Morgan fingerprint density at radius 2 is 2.21 bits per heavy atom. The van der Waals surface area contributed by atoms with Crippen LogP contribution >= 0.6 is 34.7 Å². The Morgan fingerprint density at radius 3 is 2.88 bits per heavy atom. The quantitative estimate of drug-likeness (QED) is 0.455. The molecule has 0 radical (unpaired) electrons. The topological polar surface area (TPSA) is 116 Å². The van der Waals surface area contributed by atoms with Gasteiger partial charge in [0.2, 0.25) is 0 Å². The van der Waals surface area contributed by atoms with Crippen molar-refractivity contribution in [2.24, 2.45) is 11.8 Å². The van der Waals surface area contributed by atoms with Gasteiger partial charge in [-0.25, -0.2) is 14.6 Å². The number of nitriles is 1. The molecule has 0 N–H and O–H groups in total. The highest BCUT2D eigenvalue weighted by Gasteiger charge is 2.44. The fraction of sp³-hybridized carbons (Fsp3) is 0.429. The van der Waals surface area contributed by atoms with Gasteiger partial charge in [0.15, 0.2) is 5.69 Å². The predicted octanol–water partition coefficient (Wildman–Crippen LogP) is 4.22. The molecular weight excluding hydrogens is 484 g/mol. The van der Waals surface area contributed by atoms with E-state index in [2.05, 4.69) is 34.1 Å². The second kappa shape index (κ2) is 10.2. The first-order valence-corrected chi connectivity index (χ1v) is 12.3. The molecule has 0 amide bonds. The standard InChI is InChI=1S/C21H21ClN6O3S2/c1-11-18(10-30-13(3)29)31-21(33-14-6-15(22)16(7-23)25-8-14)12(2)19(11)28-9-17(26-27-28)20-24-4-5-32-20/h4-6,8-9,11-12,18-19,21H,10H2,1-3H3/t11-,12?,18?,19-,21+/m0/s1. The summed E-state index contributed by atoms with van der Waals surface area (Å²) in [6.07, 6.45) is 4.89. The average Bonchev–Trinajstić information content (AvgIpc) is 3.47. The lowest BCUT2D eigenvalue weighted by molar-refractivity contribution is -0.156. The summed E-state index contributed by atoms with van der Waals surface area (Å²) in [4.78, 5) is 20.7. The highest BCUT2D eigenvalue weighted by molar-refractivity contribution is 7.99. The number of aromatic nitrogens is 5. The van der Waals surface area contributed by atoms with Crippen molar-refractivity contribution in [1.29, 1.82) is 5.26 Å². The minimum atomic E-state index is -0.361. The smallest absolute Gasteiger partial charge is 0.302 e. The maximum Gasteiger partial charge on any atom is 0.302 e. The average molecular weight is 505 g/mol. The lowest BCUT2D eigenvalue weighted by atomic mass is 9.84. The number of nitrogens with zero attached hydrogens (tertiary/aromatic N) is 6. The molecule has 4 heterocycles. The highest BCUT2D eigenvalue weighted by Crippen LogP contribution is 2.45. The van der Waals surface area contributed by atoms with Crippen LogP contribution < -0.4 is 0 Å². The van der Waals surface area contributed by atoms with Crippen LogP contribution in [0.4, 0.5) is 0 Å². The number of thioether (sulfide) groups is 1. The summed E-state index contributed by atoms with van der Waals surface area (Å²) < 4.78 is 13.5. The van der Waals surface area contributed by atoms with E-state index in [1.54, 1.807) is 18.5 Å². The molecule has 0 aromatic carbocycles. The van der Waals surface area contributed by atoms with Crippen molar-refractivity contribution in [3.8, 4) is 16.8 Å². The van der Waals surface area contributed by atoms with E-state index in [4.69, 9.17) is 26.3 Å². The van der Waals surface area contributed by atoms with Gasteiger partial charge in [-0.1, -0.05) is 42.4 Å². The van der Waals surface area contributed by atoms with Gasteiger partial charge in [0.25, 0.3) is 0 Å². The summed E-state index contributed by atoms with van der Waals surface area (Å²) in [6, 6.07) is 3.60. The molecular formula is C21H21ClN6O3S2. The number of hydrogen-bond acceptors (Lipinski definition) is 10. The van der Waals surface area contributed by atoms with Gasteiger partial charge < -0.3 is 9.47 Å². The van der Waals surface area contributed by atoms with E-state index in [1.807, 2.05) is 22.3 Å². The molecule has 3 aromatic heterocycles. The molecule has 12 heteroatoms. The van der Waals surface area contributed by atoms with Gasteiger partial charge in [0.05, 0.1) is 23.4 Å². The number of halogens is 1. The molecule has 0 bridgehead atoms. The van der Waals surface area contributed by atoms with E-state index in [9.17, 15) is 4.79 Å². The van der Waals surface area contributed by atoms with Gasteiger partial charge >= 0.3 is 5.97 Å². The maximum absolute atomic E-state index is 11.4. The molecule has 1 aliphatic heterocycles. The van der Waals surface area contributed by atoms with E-state index >= 15 is 0 Å². The largest absolute Gasteiger partial charge is 0.463 e. The van der Waals surface area contributed by atoms with Gasteiger partial charge in [-0.2, -0.15) is 5.26 Å². The first-order chi connectivity index (χ1) is 15.9. The van der Waals surface area contributed by atoms with Crippen molar-refractivity contribution >= 4 is 40.7 Å². The van der Waals surface area contributed by atoms with Crippen LogP contribution in [-0.4, -0.2) is 49.1 Å². The predicted molar refractivity (Wildman–Crippen MR) is 124 cm³/mol. The molecule has 0 aliphatic carbocycles. The number of esters is 1. The summed E-state index contributed by atoms with van der Waals surface area (Å²) in [6.45, 7) is 5.66. The van der Waals surface area contributed by atoms with Crippen molar-refractivity contribution < 1.29 is 14.3 Å². The van der Waals surface area contributed by atoms with Crippen LogP contribution in [0.1, 0.15) is 32.5 Å². The van der Waals surface area contributed by atoms with Crippen molar-refractivity contribution in [1.82, 2.24) is 25.0 Å². The van der Waals surface area contributed by atoms with Crippen LogP contribution in [-0.2, 0) is 14.3 Å². The second-order valence-corrected chi connectivity index (χ2v) is 10.2. The van der Waals surface area contributed by atoms with Gasteiger partial charge in [0, 0.05) is 41.4 Å². The summed E-state index contributed by atoms with van der Waals surface area (Å²) in [5, 5.41) is 20.8. The van der Waals surface area contributed by atoms with Crippen LogP contribution in [0.3, 0.4) is 0 Å². The third kappa shape index (κ3) is 5.19. The molecule has 0 spiro atoms. The fourth-order valence-electron chi connectivity index (χ4n) is 3.86. The van der Waals surface area contributed by atoms with E-state index < -0.39 is 0 Å². The molecule has 33 heavy (non-hydrogen) atoms. The number of carbonyl (C=O) groups excluding carboxylic acids is 1. The first kappa shape index (κ1) is 23.6. The molecule has 1 aliphatic rings. The molecule has 5 atom stereocenters. The number of carbonyl (C=O) groups is 1. The molecule has 4 rings (SSSR count). The number of rotatable bonds is 6. The molecule has 172 valence electrons. The Labute approximate surface area is 204 Å². The zero-order valence-corrected chi connectivity index (χ0v) is 20.5. The molecule has 1 saturated heterocycles. The van der Waals surface area contributed by atoms with Crippen LogP contribution in [0.15, 0.2) is 34.9 Å². The Morgan fingerprint density at radius 1 is 1.39 bits per heavy atom. The van der Waals surface area contributed by atoms with Crippen molar-refractivity contribution in [3.05, 3.63) is 40.8 Å². The van der Waals surface area contributed by atoms with Gasteiger partial charge in [-0.05, 0) is 6.07 Å². The van der Waals surface area contributed by atoms with Crippen molar-refractivity contribution in [2.75, 3.05) is 6.61 Å². The Bertz CT molecular complexity index is 1170. The van der Waals surface area contributed by atoms with Crippen LogP contribution in [0.25, 0.3) is 10.7 Å². The first-order valence-electron chi connectivity index (χ1n) is 10.2. The van der Waals surface area contributed by atoms with Crippen molar-refractivity contribution in [3.63, 3.8) is 0 Å². The zero-order valence-electron chi connectivity index (χ0n) is 18.1. The van der Waals surface area contributed by atoms with E-state index in [0.29, 0.717) is 5.69 Å². The maximum atomic E-state index is 11.4. The van der Waals surface area contributed by atoms with Gasteiger partial charge in [0.1, 0.15) is 28.8 Å². The van der Waals surface area contributed by atoms with Crippen LogP contribution in [0.2, 0.25) is 5.02 Å². The van der Waals surface area contributed by atoms with Gasteiger partial charge in [-0.3, -0.25) is 4.79 Å². The number of hydrogen-bond donors (Lipinski definition) is 0. The lowest BCUT2D eigenvalue weighted by Gasteiger charge is -2.44. The number of ether oxygens (including phenoxy) is 2. The normalized spacial score (nSPS) is 24.9.